The summed E-state index contributed by atoms with van der Waals surface area (Å²) in [5.74, 6) is -2.31. The third-order valence-electron chi connectivity index (χ3n) is 2.50. The fourth-order valence-corrected chi connectivity index (χ4v) is 3.31. The van der Waals surface area contributed by atoms with Crippen LogP contribution in [0.3, 0.4) is 0 Å². The first-order chi connectivity index (χ1) is 9.28. The van der Waals surface area contributed by atoms with Crippen molar-refractivity contribution in [3.05, 3.63) is 58.1 Å². The topological polar surface area (TPSA) is 46.2 Å². The Bertz CT molecular complexity index is 743. The summed E-state index contributed by atoms with van der Waals surface area (Å²) < 4.78 is 53.1. The van der Waals surface area contributed by atoms with Gasteiger partial charge in [0.05, 0.1) is 10.6 Å². The maximum Gasteiger partial charge on any atom is 0.261 e. The summed E-state index contributed by atoms with van der Waals surface area (Å²) in [6, 6.07) is 7.44. The van der Waals surface area contributed by atoms with Crippen LogP contribution in [0, 0.1) is 18.6 Å². The quantitative estimate of drug-likeness (QED) is 0.902. The van der Waals surface area contributed by atoms with Crippen molar-refractivity contribution in [2.24, 2.45) is 0 Å². The van der Waals surface area contributed by atoms with Crippen LogP contribution in [-0.2, 0) is 10.0 Å². The van der Waals surface area contributed by atoms with Gasteiger partial charge in [-0.15, -0.1) is 0 Å². The van der Waals surface area contributed by atoms with Crippen molar-refractivity contribution in [1.29, 1.82) is 0 Å². The van der Waals surface area contributed by atoms with E-state index in [4.69, 9.17) is 0 Å². The normalized spacial score (nSPS) is 11.4. The lowest BCUT2D eigenvalue weighted by atomic mass is 10.2. The highest BCUT2D eigenvalue weighted by Gasteiger charge is 2.17. The molecule has 0 spiro atoms. The molecule has 0 amide bonds. The van der Waals surface area contributed by atoms with Crippen LogP contribution in [0.15, 0.2) is 45.8 Å². The van der Waals surface area contributed by atoms with E-state index in [9.17, 15) is 17.2 Å². The molecule has 2 aromatic carbocycles. The lowest BCUT2D eigenvalue weighted by Crippen LogP contribution is -2.13. The van der Waals surface area contributed by atoms with Crippen LogP contribution in [0.1, 0.15) is 5.56 Å². The molecule has 0 fully saturated rings. The van der Waals surface area contributed by atoms with Gasteiger partial charge in [-0.25, -0.2) is 17.2 Å². The lowest BCUT2D eigenvalue weighted by molar-refractivity contribution is 0.504. The predicted molar refractivity (Wildman–Crippen MR) is 76.0 cm³/mol. The molecule has 0 heterocycles. The Morgan fingerprint density at radius 2 is 1.75 bits per heavy atom. The molecular formula is C13H10BrF2NO2S. The number of hydrogen-bond donors (Lipinski definition) is 1. The van der Waals surface area contributed by atoms with Crippen LogP contribution in [-0.4, -0.2) is 8.42 Å². The summed E-state index contributed by atoms with van der Waals surface area (Å²) in [6.07, 6.45) is 0. The number of benzene rings is 2. The second-order valence-electron chi connectivity index (χ2n) is 4.20. The third-order valence-corrected chi connectivity index (χ3v) is 4.33. The lowest BCUT2D eigenvalue weighted by Gasteiger charge is -2.09. The van der Waals surface area contributed by atoms with Crippen molar-refractivity contribution in [3.8, 4) is 0 Å². The Kier molecular flexibility index (Phi) is 4.10. The highest BCUT2D eigenvalue weighted by molar-refractivity contribution is 9.10. The molecule has 1 N–H and O–H groups in total. The molecule has 0 aliphatic heterocycles. The van der Waals surface area contributed by atoms with Crippen molar-refractivity contribution >= 4 is 31.6 Å². The maximum atomic E-state index is 13.1. The summed E-state index contributed by atoms with van der Waals surface area (Å²) in [7, 11) is -3.96. The van der Waals surface area contributed by atoms with E-state index in [2.05, 4.69) is 20.7 Å². The summed E-state index contributed by atoms with van der Waals surface area (Å²) in [5, 5.41) is 0. The number of sulfonamides is 1. The Labute approximate surface area is 123 Å². The van der Waals surface area contributed by atoms with Gasteiger partial charge >= 0.3 is 0 Å². The first kappa shape index (κ1) is 14.9. The third kappa shape index (κ3) is 3.34. The van der Waals surface area contributed by atoms with E-state index in [0.717, 1.165) is 17.7 Å². The van der Waals surface area contributed by atoms with Crippen molar-refractivity contribution in [3.63, 3.8) is 0 Å². The van der Waals surface area contributed by atoms with E-state index in [0.29, 0.717) is 16.2 Å². The number of hydrogen-bond acceptors (Lipinski definition) is 2. The first-order valence-corrected chi connectivity index (χ1v) is 7.80. The van der Waals surface area contributed by atoms with Gasteiger partial charge < -0.3 is 0 Å². The van der Waals surface area contributed by atoms with Crippen LogP contribution in [0.4, 0.5) is 14.5 Å². The first-order valence-electron chi connectivity index (χ1n) is 5.53. The minimum Gasteiger partial charge on any atom is -0.280 e. The fourth-order valence-electron chi connectivity index (χ4n) is 1.65. The molecule has 0 atom stereocenters. The maximum absolute atomic E-state index is 13.1. The van der Waals surface area contributed by atoms with Gasteiger partial charge in [0.15, 0.2) is 11.6 Å². The fraction of sp³-hybridized carbons (Fsp3) is 0.0769. The number of rotatable bonds is 3. The molecule has 2 aromatic rings. The molecule has 106 valence electrons. The monoisotopic (exact) mass is 361 g/mol. The van der Waals surface area contributed by atoms with Crippen LogP contribution >= 0.6 is 15.9 Å². The number of anilines is 1. The highest BCUT2D eigenvalue weighted by Crippen LogP contribution is 2.22. The molecule has 0 aromatic heterocycles. The van der Waals surface area contributed by atoms with Crippen molar-refractivity contribution in [1.82, 2.24) is 0 Å². The van der Waals surface area contributed by atoms with Gasteiger partial charge in [-0.2, -0.15) is 0 Å². The van der Waals surface area contributed by atoms with E-state index in [-0.39, 0.29) is 4.90 Å². The minimum absolute atomic E-state index is 0.335. The Morgan fingerprint density at radius 3 is 2.35 bits per heavy atom. The summed E-state index contributed by atoms with van der Waals surface area (Å²) in [4.78, 5) is -0.339. The minimum atomic E-state index is -3.96. The average molecular weight is 362 g/mol. The molecule has 7 heteroatoms. The van der Waals surface area contributed by atoms with Crippen LogP contribution < -0.4 is 4.72 Å². The zero-order chi connectivity index (χ0) is 14.9. The van der Waals surface area contributed by atoms with E-state index >= 15 is 0 Å². The molecule has 0 bridgehead atoms. The zero-order valence-corrected chi connectivity index (χ0v) is 12.7. The van der Waals surface area contributed by atoms with E-state index in [1.807, 2.05) is 6.07 Å². The summed E-state index contributed by atoms with van der Waals surface area (Å²) in [5.41, 5.74) is 1.18. The van der Waals surface area contributed by atoms with E-state index in [1.165, 1.54) is 0 Å². The second kappa shape index (κ2) is 5.49. The molecule has 0 saturated carbocycles. The van der Waals surface area contributed by atoms with Crippen LogP contribution in [0.25, 0.3) is 0 Å². The Hall–Kier alpha value is -1.47. The van der Waals surface area contributed by atoms with Crippen LogP contribution in [0.2, 0.25) is 0 Å². The van der Waals surface area contributed by atoms with Gasteiger partial charge in [0.2, 0.25) is 0 Å². The highest BCUT2D eigenvalue weighted by atomic mass is 79.9. The predicted octanol–water partition coefficient (Wildman–Crippen LogP) is 3.84. The molecule has 0 aliphatic rings. The van der Waals surface area contributed by atoms with Crippen LogP contribution in [0.5, 0.6) is 0 Å². The van der Waals surface area contributed by atoms with Gasteiger partial charge in [-0.05, 0) is 48.9 Å². The largest absolute Gasteiger partial charge is 0.280 e. The van der Waals surface area contributed by atoms with Gasteiger partial charge in [-0.1, -0.05) is 15.9 Å². The molecule has 20 heavy (non-hydrogen) atoms. The molecule has 0 unspecified atom stereocenters. The number of aryl methyl sites for hydroxylation is 1. The summed E-state index contributed by atoms with van der Waals surface area (Å²) in [6.45, 7) is 1.81. The Balaban J connectivity index is 2.37. The standard InChI is InChI=1S/C13H10BrF2NO2S/c1-8-4-9(14)6-10(5-8)17-20(18,19)11-2-3-12(15)13(16)7-11/h2-7,17H,1H3. The van der Waals surface area contributed by atoms with Crippen molar-refractivity contribution in [2.75, 3.05) is 4.72 Å². The summed E-state index contributed by atoms with van der Waals surface area (Å²) >= 11 is 3.25. The van der Waals surface area contributed by atoms with Gasteiger partial charge in [0.1, 0.15) is 0 Å². The van der Waals surface area contributed by atoms with E-state index in [1.54, 1.807) is 19.1 Å². The van der Waals surface area contributed by atoms with Crippen molar-refractivity contribution < 1.29 is 17.2 Å². The van der Waals surface area contributed by atoms with Gasteiger partial charge in [0, 0.05) is 4.47 Å². The SMILES string of the molecule is Cc1cc(Br)cc(NS(=O)(=O)c2ccc(F)c(F)c2)c1. The van der Waals surface area contributed by atoms with Gasteiger partial charge in [-0.3, -0.25) is 4.72 Å². The van der Waals surface area contributed by atoms with E-state index < -0.39 is 21.7 Å². The number of nitrogens with one attached hydrogen (secondary N) is 1. The number of halogens is 3. The van der Waals surface area contributed by atoms with Crippen molar-refractivity contribution in [2.45, 2.75) is 11.8 Å². The van der Waals surface area contributed by atoms with Gasteiger partial charge in [0.25, 0.3) is 10.0 Å². The molecule has 0 radical (unpaired) electrons. The molecular weight excluding hydrogens is 352 g/mol. The molecule has 0 aliphatic carbocycles. The second-order valence-corrected chi connectivity index (χ2v) is 6.80. The smallest absolute Gasteiger partial charge is 0.261 e. The molecule has 0 saturated heterocycles. The average Bonchev–Trinajstić information content (AvgIpc) is 2.30. The molecule has 2 rings (SSSR count). The molecule has 3 nitrogen and oxygen atoms in total. The zero-order valence-electron chi connectivity index (χ0n) is 10.3. The Morgan fingerprint density at radius 1 is 1.05 bits per heavy atom.